The molecule has 1 aromatic carbocycles. The summed E-state index contributed by atoms with van der Waals surface area (Å²) >= 11 is 0. The van der Waals surface area contributed by atoms with Gasteiger partial charge in [-0.15, -0.1) is 0 Å². The number of carbonyl (C=O) groups excluding carboxylic acids is 3. The molecule has 0 aliphatic carbocycles. The molecule has 1 N–H and O–H groups in total. The Kier molecular flexibility index (Phi) is 11.1. The van der Waals surface area contributed by atoms with Gasteiger partial charge >= 0.3 is 6.09 Å². The number of benzene rings is 1. The van der Waals surface area contributed by atoms with E-state index in [0.717, 1.165) is 65.9 Å². The summed E-state index contributed by atoms with van der Waals surface area (Å²) < 4.78 is 11.7. The van der Waals surface area contributed by atoms with Crippen LogP contribution in [-0.2, 0) is 16.0 Å². The summed E-state index contributed by atoms with van der Waals surface area (Å²) in [6.45, 7) is 11.3. The minimum Gasteiger partial charge on any atom is -0.457 e. The largest absolute Gasteiger partial charge is 0.457 e. The van der Waals surface area contributed by atoms with Crippen LogP contribution in [0.3, 0.4) is 0 Å². The van der Waals surface area contributed by atoms with Crippen molar-refractivity contribution in [3.63, 3.8) is 0 Å². The lowest BCUT2D eigenvalue weighted by molar-refractivity contribution is -0.132. The van der Waals surface area contributed by atoms with E-state index in [4.69, 9.17) is 14.3 Å². The molecule has 2 unspecified atom stereocenters. The Hall–Kier alpha value is -2.93. The van der Waals surface area contributed by atoms with Gasteiger partial charge in [0.05, 0.1) is 6.04 Å². The maximum Gasteiger partial charge on any atom is 0.417 e. The first-order chi connectivity index (χ1) is 19.0. The van der Waals surface area contributed by atoms with E-state index in [1.54, 1.807) is 19.9 Å². The zero-order valence-electron chi connectivity index (χ0n) is 25.1. The summed E-state index contributed by atoms with van der Waals surface area (Å²) in [4.78, 5) is 40.9. The normalized spacial score (nSPS) is 17.4. The molecule has 2 amide bonds. The third-order valence-corrected chi connectivity index (χ3v) is 7.86. The van der Waals surface area contributed by atoms with Crippen LogP contribution in [0, 0.1) is 18.8 Å². The number of carbonyl (C=O) groups is 3. The van der Waals surface area contributed by atoms with Gasteiger partial charge in [-0.3, -0.25) is 9.59 Å². The highest BCUT2D eigenvalue weighted by Crippen LogP contribution is 2.36. The van der Waals surface area contributed by atoms with Crippen molar-refractivity contribution in [3.05, 3.63) is 47.4 Å². The summed E-state index contributed by atoms with van der Waals surface area (Å²) in [7, 11) is 0. The predicted octanol–water partition coefficient (Wildman–Crippen LogP) is 7.51. The molecule has 1 aliphatic rings. The first-order valence-electron chi connectivity index (χ1n) is 14.9. The van der Waals surface area contributed by atoms with Crippen LogP contribution in [0.2, 0.25) is 0 Å². The van der Waals surface area contributed by atoms with Crippen LogP contribution in [0.5, 0.6) is 0 Å². The SMILES string of the molecule is Cc1cccc(-c2cc(C(=O)C(C)C(=O)N3C(=O)OC(C)(C)C3C(C)C)oc2CCCCCCCCCCO)c1. The molecule has 0 spiro atoms. The van der Waals surface area contributed by atoms with Gasteiger partial charge in [-0.05, 0) is 58.1 Å². The molecule has 0 bridgehead atoms. The molecule has 0 saturated carbocycles. The van der Waals surface area contributed by atoms with Gasteiger partial charge in [0.2, 0.25) is 11.7 Å². The van der Waals surface area contributed by atoms with Crippen LogP contribution < -0.4 is 0 Å². The van der Waals surface area contributed by atoms with E-state index in [1.807, 2.05) is 39.0 Å². The van der Waals surface area contributed by atoms with Crippen molar-refractivity contribution >= 4 is 17.8 Å². The molecule has 220 valence electrons. The van der Waals surface area contributed by atoms with Crippen molar-refractivity contribution < 1.29 is 28.6 Å². The minimum absolute atomic E-state index is 0.0311. The number of furan rings is 1. The van der Waals surface area contributed by atoms with Crippen LogP contribution in [0.25, 0.3) is 11.1 Å². The van der Waals surface area contributed by atoms with Crippen molar-refractivity contribution in [1.82, 2.24) is 4.90 Å². The number of aryl methyl sites for hydroxylation is 2. The van der Waals surface area contributed by atoms with E-state index < -0.39 is 35.3 Å². The van der Waals surface area contributed by atoms with Gasteiger partial charge in [0.15, 0.2) is 5.76 Å². The molecule has 1 saturated heterocycles. The first kappa shape index (κ1) is 31.6. The van der Waals surface area contributed by atoms with E-state index in [1.165, 1.54) is 19.8 Å². The molecule has 3 rings (SSSR count). The number of aliphatic hydroxyl groups is 1. The lowest BCUT2D eigenvalue weighted by atomic mass is 9.88. The number of hydrogen-bond acceptors (Lipinski definition) is 6. The maximum atomic E-state index is 13.6. The summed E-state index contributed by atoms with van der Waals surface area (Å²) in [5, 5.41) is 8.90. The van der Waals surface area contributed by atoms with Crippen molar-refractivity contribution in [2.75, 3.05) is 6.61 Å². The van der Waals surface area contributed by atoms with Gasteiger partial charge in [-0.25, -0.2) is 9.69 Å². The number of amides is 2. The monoisotopic (exact) mass is 553 g/mol. The smallest absolute Gasteiger partial charge is 0.417 e. The molecule has 1 fully saturated rings. The quantitative estimate of drug-likeness (QED) is 0.139. The van der Waals surface area contributed by atoms with Crippen molar-refractivity contribution in [2.24, 2.45) is 11.8 Å². The second-order valence-corrected chi connectivity index (χ2v) is 12.1. The number of unbranched alkanes of at least 4 members (excludes halogenated alkanes) is 7. The second kappa shape index (κ2) is 14.1. The molecule has 1 aromatic heterocycles. The molecule has 40 heavy (non-hydrogen) atoms. The Bertz CT molecular complexity index is 1160. The third-order valence-electron chi connectivity index (χ3n) is 7.86. The summed E-state index contributed by atoms with van der Waals surface area (Å²) in [6, 6.07) is 9.37. The van der Waals surface area contributed by atoms with Crippen molar-refractivity contribution in [3.8, 4) is 11.1 Å². The van der Waals surface area contributed by atoms with Gasteiger partial charge in [-0.2, -0.15) is 0 Å². The number of imide groups is 1. The molecule has 7 heteroatoms. The Balaban J connectivity index is 1.75. The molecule has 1 aliphatic heterocycles. The number of Topliss-reactive ketones (excluding diaryl/α,β-unsaturated/α-hetero) is 1. The van der Waals surface area contributed by atoms with Crippen molar-refractivity contribution in [2.45, 2.75) is 111 Å². The molecule has 2 aromatic rings. The fourth-order valence-electron chi connectivity index (χ4n) is 5.87. The van der Waals surface area contributed by atoms with Crippen LogP contribution in [-0.4, -0.2) is 46.0 Å². The number of aliphatic hydroxyl groups excluding tert-OH is 1. The first-order valence-corrected chi connectivity index (χ1v) is 14.9. The molecule has 2 heterocycles. The Labute approximate surface area is 239 Å². The van der Waals surface area contributed by atoms with Crippen LogP contribution in [0.15, 0.2) is 34.7 Å². The highest BCUT2D eigenvalue weighted by Gasteiger charge is 2.53. The molecule has 0 radical (unpaired) electrons. The average molecular weight is 554 g/mol. The van der Waals surface area contributed by atoms with E-state index in [2.05, 4.69) is 6.07 Å². The highest BCUT2D eigenvalue weighted by atomic mass is 16.6. The van der Waals surface area contributed by atoms with Gasteiger partial charge in [-0.1, -0.05) is 82.2 Å². The van der Waals surface area contributed by atoms with E-state index in [0.29, 0.717) is 6.42 Å². The fraction of sp³-hybridized carbons (Fsp3) is 0.606. The molecule has 2 atom stereocenters. The Morgan fingerprint density at radius 2 is 1.60 bits per heavy atom. The summed E-state index contributed by atoms with van der Waals surface area (Å²) in [5.41, 5.74) is 2.12. The summed E-state index contributed by atoms with van der Waals surface area (Å²) in [6.07, 6.45) is 8.60. The predicted molar refractivity (Wildman–Crippen MR) is 156 cm³/mol. The van der Waals surface area contributed by atoms with Gasteiger partial charge in [0.25, 0.3) is 0 Å². The lowest BCUT2D eigenvalue weighted by Crippen LogP contribution is -2.50. The Morgan fingerprint density at radius 3 is 2.20 bits per heavy atom. The molecular formula is C33H47NO6. The van der Waals surface area contributed by atoms with Crippen LogP contribution in [0.1, 0.15) is 108 Å². The van der Waals surface area contributed by atoms with Crippen LogP contribution >= 0.6 is 0 Å². The Morgan fingerprint density at radius 1 is 0.975 bits per heavy atom. The third kappa shape index (κ3) is 7.62. The molecule has 7 nitrogen and oxygen atoms in total. The van der Waals surface area contributed by atoms with E-state index >= 15 is 0 Å². The number of cyclic esters (lactones) is 1. The number of ether oxygens (including phenoxy) is 1. The number of ketones is 1. The summed E-state index contributed by atoms with van der Waals surface area (Å²) in [5.74, 6) is -1.22. The zero-order chi connectivity index (χ0) is 29.4. The average Bonchev–Trinajstić information content (AvgIpc) is 3.43. The fourth-order valence-corrected chi connectivity index (χ4v) is 5.87. The van der Waals surface area contributed by atoms with Gasteiger partial charge in [0, 0.05) is 18.6 Å². The number of rotatable bonds is 15. The van der Waals surface area contributed by atoms with E-state index in [9.17, 15) is 14.4 Å². The highest BCUT2D eigenvalue weighted by molar-refractivity contribution is 6.12. The lowest BCUT2D eigenvalue weighted by Gasteiger charge is -2.31. The van der Waals surface area contributed by atoms with Gasteiger partial charge < -0.3 is 14.3 Å². The number of nitrogens with zero attached hydrogens (tertiary/aromatic N) is 1. The van der Waals surface area contributed by atoms with Crippen LogP contribution in [0.4, 0.5) is 4.79 Å². The van der Waals surface area contributed by atoms with Gasteiger partial charge in [0.1, 0.15) is 17.3 Å². The second-order valence-electron chi connectivity index (χ2n) is 12.1. The zero-order valence-corrected chi connectivity index (χ0v) is 25.1. The van der Waals surface area contributed by atoms with E-state index in [-0.39, 0.29) is 18.3 Å². The number of hydrogen-bond donors (Lipinski definition) is 1. The standard InChI is InChI=1S/C33H47NO6/c1-22(2)30-33(5,6)40-32(38)34(30)31(37)24(4)29(36)28-21-26(25-17-15-16-23(3)20-25)27(39-28)18-13-11-9-7-8-10-12-14-19-35/h15-17,20-22,24,30,35H,7-14,18-19H2,1-6H3. The topological polar surface area (TPSA) is 97.1 Å². The maximum absolute atomic E-state index is 13.6. The minimum atomic E-state index is -1.09. The van der Waals surface area contributed by atoms with Crippen molar-refractivity contribution in [1.29, 1.82) is 0 Å². The molecular weight excluding hydrogens is 506 g/mol.